The van der Waals surface area contributed by atoms with E-state index in [0.29, 0.717) is 6.54 Å². The van der Waals surface area contributed by atoms with Gasteiger partial charge in [-0.15, -0.1) is 0 Å². The first-order valence-electron chi connectivity index (χ1n) is 10.1. The second-order valence-electron chi connectivity index (χ2n) is 7.78. The van der Waals surface area contributed by atoms with Crippen LogP contribution in [-0.2, 0) is 6.54 Å². The maximum Gasteiger partial charge on any atom is 0.227 e. The molecule has 30 heavy (non-hydrogen) atoms. The highest BCUT2D eigenvalue weighted by molar-refractivity contribution is 6.23. The van der Waals surface area contributed by atoms with Crippen LogP contribution >= 0.6 is 0 Å². The largest absolute Gasteiger partial charge is 0.411 e. The zero-order valence-electron chi connectivity index (χ0n) is 16.3. The molecule has 0 spiro atoms. The summed E-state index contributed by atoms with van der Waals surface area (Å²) in [5.41, 5.74) is 2.11. The Labute approximate surface area is 173 Å². The zero-order chi connectivity index (χ0) is 20.1. The number of rotatable bonds is 3. The lowest BCUT2D eigenvalue weighted by Gasteiger charge is -2.13. The first kappa shape index (κ1) is 16.9. The molecule has 0 aliphatic heterocycles. The van der Waals surface area contributed by atoms with Crippen LogP contribution in [0.15, 0.2) is 96.3 Å². The smallest absolute Gasteiger partial charge is 0.227 e. The predicted octanol–water partition coefficient (Wildman–Crippen LogP) is 5.88. The van der Waals surface area contributed by atoms with Crippen LogP contribution in [0, 0.1) is 0 Å². The number of pyridine rings is 1. The van der Waals surface area contributed by atoms with E-state index in [1.165, 1.54) is 44.1 Å². The van der Waals surface area contributed by atoms with E-state index in [0.717, 1.165) is 16.5 Å². The first-order valence-corrected chi connectivity index (χ1v) is 10.1. The van der Waals surface area contributed by atoms with Gasteiger partial charge in [0.15, 0.2) is 12.7 Å². The van der Waals surface area contributed by atoms with Crippen molar-refractivity contribution in [3.05, 3.63) is 102 Å². The van der Waals surface area contributed by atoms with Crippen LogP contribution in [-0.4, -0.2) is 11.4 Å². The Bertz CT molecular complexity index is 1570. The molecule has 5 aromatic carbocycles. The fourth-order valence-electron chi connectivity index (χ4n) is 4.67. The minimum Gasteiger partial charge on any atom is -0.411 e. The normalized spacial score (nSPS) is 12.1. The topological polar surface area (TPSA) is 36.5 Å². The van der Waals surface area contributed by atoms with Crippen LogP contribution < -0.4 is 4.57 Å². The van der Waals surface area contributed by atoms with Crippen molar-refractivity contribution in [3.63, 3.8) is 0 Å². The molecule has 0 fully saturated rings. The van der Waals surface area contributed by atoms with E-state index in [-0.39, 0.29) is 0 Å². The summed E-state index contributed by atoms with van der Waals surface area (Å²) < 4.78 is 2.15. The summed E-state index contributed by atoms with van der Waals surface area (Å²) >= 11 is 0. The first-order chi connectivity index (χ1) is 14.8. The van der Waals surface area contributed by atoms with Crippen LogP contribution in [0.1, 0.15) is 11.3 Å². The highest BCUT2D eigenvalue weighted by Gasteiger charge is 2.16. The van der Waals surface area contributed by atoms with Crippen LogP contribution in [0.5, 0.6) is 0 Å². The molecule has 0 aliphatic rings. The lowest BCUT2D eigenvalue weighted by molar-refractivity contribution is -0.687. The summed E-state index contributed by atoms with van der Waals surface area (Å²) in [6.45, 7) is 0.695. The van der Waals surface area contributed by atoms with Gasteiger partial charge in [0.2, 0.25) is 5.69 Å². The average Bonchev–Trinajstić information content (AvgIpc) is 2.79. The molecule has 1 aromatic heterocycles. The number of aromatic nitrogens is 1. The van der Waals surface area contributed by atoms with Crippen LogP contribution in [0.25, 0.3) is 43.1 Å². The Morgan fingerprint density at radius 2 is 1.37 bits per heavy atom. The standard InChI is InChI=1S/C27H18N2O/c30-28-15-24-14-21-4-1-2-5-22(21)16-29(24)17-23-11-10-20-9-8-18-6-3-7-19-12-13-25(23)27(20)26(18)19/h1-16H,17H2/p+1. The van der Waals surface area contributed by atoms with Gasteiger partial charge in [-0.3, -0.25) is 0 Å². The molecule has 142 valence electrons. The molecule has 0 amide bonds. The Balaban J connectivity index is 1.60. The Hall–Kier alpha value is -3.98. The molecule has 6 rings (SSSR count). The molecule has 6 aromatic rings. The zero-order valence-corrected chi connectivity index (χ0v) is 16.3. The van der Waals surface area contributed by atoms with Gasteiger partial charge in [-0.25, -0.2) is 0 Å². The van der Waals surface area contributed by atoms with Crippen molar-refractivity contribution in [1.82, 2.24) is 0 Å². The van der Waals surface area contributed by atoms with Crippen LogP contribution in [0.3, 0.4) is 0 Å². The lowest BCUT2D eigenvalue weighted by atomic mass is 9.92. The molecule has 3 heteroatoms. The fourth-order valence-corrected chi connectivity index (χ4v) is 4.67. The second kappa shape index (κ2) is 6.53. The number of fused-ring (bicyclic) bond motifs is 1. The summed E-state index contributed by atoms with van der Waals surface area (Å²) in [5, 5.41) is 22.5. The molecular weight excluding hydrogens is 368 g/mol. The highest BCUT2D eigenvalue weighted by Crippen LogP contribution is 2.35. The molecule has 0 unspecified atom stereocenters. The van der Waals surface area contributed by atoms with E-state index in [2.05, 4.69) is 88.7 Å². The maximum absolute atomic E-state index is 9.20. The van der Waals surface area contributed by atoms with Gasteiger partial charge in [0.25, 0.3) is 0 Å². The number of benzene rings is 5. The number of hydrogen-bond donors (Lipinski definition) is 1. The van der Waals surface area contributed by atoms with Crippen molar-refractivity contribution in [2.24, 2.45) is 5.16 Å². The third kappa shape index (κ3) is 2.52. The fraction of sp³-hybridized carbons (Fsp3) is 0.0370. The van der Waals surface area contributed by atoms with Crippen molar-refractivity contribution >= 4 is 49.3 Å². The third-order valence-electron chi connectivity index (χ3n) is 6.08. The summed E-state index contributed by atoms with van der Waals surface area (Å²) in [6.07, 6.45) is 3.63. The summed E-state index contributed by atoms with van der Waals surface area (Å²) in [6, 6.07) is 30.1. The van der Waals surface area contributed by atoms with Gasteiger partial charge in [-0.05, 0) is 43.8 Å². The van der Waals surface area contributed by atoms with Gasteiger partial charge in [0.05, 0.1) is 0 Å². The van der Waals surface area contributed by atoms with Gasteiger partial charge in [-0.2, -0.15) is 4.57 Å². The molecule has 1 heterocycles. The van der Waals surface area contributed by atoms with Crippen molar-refractivity contribution in [1.29, 1.82) is 0 Å². The quantitative estimate of drug-likeness (QED) is 0.133. The van der Waals surface area contributed by atoms with Crippen LogP contribution in [0.2, 0.25) is 0 Å². The average molecular weight is 387 g/mol. The number of nitrogens with zero attached hydrogens (tertiary/aromatic N) is 2. The maximum atomic E-state index is 9.20. The van der Waals surface area contributed by atoms with E-state index in [9.17, 15) is 5.21 Å². The minimum absolute atomic E-state index is 0.695. The SMILES string of the molecule is O/N=C/c1cc2ccccc2c[n+]1Cc1ccc2ccc3cccc4ccc1c2c34. The van der Waals surface area contributed by atoms with Crippen LogP contribution in [0.4, 0.5) is 0 Å². The number of hydrogen-bond acceptors (Lipinski definition) is 2. The van der Waals surface area contributed by atoms with Crippen molar-refractivity contribution in [2.45, 2.75) is 6.54 Å². The molecule has 0 bridgehead atoms. The highest BCUT2D eigenvalue weighted by atomic mass is 16.4. The lowest BCUT2D eigenvalue weighted by Crippen LogP contribution is -2.38. The van der Waals surface area contributed by atoms with Gasteiger partial charge in [0.1, 0.15) is 6.21 Å². The number of oxime groups is 1. The molecule has 0 aliphatic carbocycles. The van der Waals surface area contributed by atoms with E-state index < -0.39 is 0 Å². The molecule has 0 saturated heterocycles. The van der Waals surface area contributed by atoms with Gasteiger partial charge in [0, 0.05) is 17.0 Å². The molecular formula is C27H19N2O+. The van der Waals surface area contributed by atoms with E-state index in [1.807, 2.05) is 12.1 Å². The van der Waals surface area contributed by atoms with Crippen molar-refractivity contribution < 1.29 is 9.77 Å². The van der Waals surface area contributed by atoms with Crippen molar-refractivity contribution in [3.8, 4) is 0 Å². The molecule has 1 N–H and O–H groups in total. The summed E-state index contributed by atoms with van der Waals surface area (Å²) in [5.74, 6) is 0. The Morgan fingerprint density at radius 3 is 2.17 bits per heavy atom. The van der Waals surface area contributed by atoms with Gasteiger partial charge in [-0.1, -0.05) is 78.0 Å². The second-order valence-corrected chi connectivity index (χ2v) is 7.78. The van der Waals surface area contributed by atoms with Crippen molar-refractivity contribution in [2.75, 3.05) is 0 Å². The molecule has 0 atom stereocenters. The van der Waals surface area contributed by atoms with E-state index >= 15 is 0 Å². The predicted molar refractivity (Wildman–Crippen MR) is 123 cm³/mol. The van der Waals surface area contributed by atoms with Gasteiger partial charge < -0.3 is 5.21 Å². The van der Waals surface area contributed by atoms with E-state index in [4.69, 9.17) is 0 Å². The van der Waals surface area contributed by atoms with E-state index in [1.54, 1.807) is 0 Å². The molecule has 3 nitrogen and oxygen atoms in total. The Kier molecular flexibility index (Phi) is 3.68. The van der Waals surface area contributed by atoms with Gasteiger partial charge >= 0.3 is 0 Å². The monoisotopic (exact) mass is 387 g/mol. The molecule has 0 radical (unpaired) electrons. The third-order valence-corrected chi connectivity index (χ3v) is 6.08. The Morgan fingerprint density at radius 1 is 0.700 bits per heavy atom. The molecule has 0 saturated carbocycles. The minimum atomic E-state index is 0.695. The summed E-state index contributed by atoms with van der Waals surface area (Å²) in [4.78, 5) is 0. The summed E-state index contributed by atoms with van der Waals surface area (Å²) in [7, 11) is 0.